The van der Waals surface area contributed by atoms with E-state index in [1.165, 1.54) is 0 Å². The summed E-state index contributed by atoms with van der Waals surface area (Å²) in [6, 6.07) is 24.8. The number of hydrogen-bond donors (Lipinski definition) is 1. The van der Waals surface area contributed by atoms with Crippen LogP contribution in [-0.4, -0.2) is 29.0 Å². The fourth-order valence-corrected chi connectivity index (χ4v) is 3.18. The van der Waals surface area contributed by atoms with Crippen molar-refractivity contribution in [1.82, 2.24) is 15.2 Å². The van der Waals surface area contributed by atoms with Crippen molar-refractivity contribution in [2.24, 2.45) is 5.10 Å². The number of carbonyl (C=O) groups excluding carboxylic acids is 1. The maximum absolute atomic E-state index is 12.4. The molecule has 0 saturated heterocycles. The maximum atomic E-state index is 12.4. The molecule has 1 N–H and O–H groups in total. The molecule has 0 bridgehead atoms. The van der Waals surface area contributed by atoms with E-state index in [2.05, 4.69) is 16.6 Å². The molecule has 0 radical (unpaired) electrons. The van der Waals surface area contributed by atoms with Crippen LogP contribution in [0.25, 0.3) is 16.9 Å². The SMILES string of the molecule is COc1ccc(C(=O)NN=Cc2cn(-c3ccccc3)nc2-c2cccc(C)c2)cc1. The van der Waals surface area contributed by atoms with Crippen molar-refractivity contribution in [2.45, 2.75) is 6.92 Å². The number of amides is 1. The largest absolute Gasteiger partial charge is 0.497 e. The van der Waals surface area contributed by atoms with E-state index in [1.54, 1.807) is 37.6 Å². The highest BCUT2D eigenvalue weighted by molar-refractivity contribution is 5.95. The van der Waals surface area contributed by atoms with Crippen LogP contribution in [0.1, 0.15) is 21.5 Å². The van der Waals surface area contributed by atoms with Crippen LogP contribution in [0.3, 0.4) is 0 Å². The van der Waals surface area contributed by atoms with Gasteiger partial charge in [-0.25, -0.2) is 10.1 Å². The van der Waals surface area contributed by atoms with Gasteiger partial charge in [-0.1, -0.05) is 42.0 Å². The first-order valence-corrected chi connectivity index (χ1v) is 9.83. The number of para-hydroxylation sites is 1. The number of nitrogens with one attached hydrogen (secondary N) is 1. The molecule has 0 aliphatic rings. The van der Waals surface area contributed by atoms with Gasteiger partial charge < -0.3 is 4.74 Å². The fourth-order valence-electron chi connectivity index (χ4n) is 3.18. The molecule has 6 heteroatoms. The Hall–Kier alpha value is -4.19. The standard InChI is InChI=1S/C25H22N4O2/c1-18-7-6-8-20(15-18)24-21(17-29(28-24)22-9-4-3-5-10-22)16-26-27-25(30)19-11-13-23(31-2)14-12-19/h3-17H,1-2H3,(H,27,30). The highest BCUT2D eigenvalue weighted by Crippen LogP contribution is 2.23. The van der Waals surface area contributed by atoms with Gasteiger partial charge in [0.2, 0.25) is 0 Å². The third kappa shape index (κ3) is 4.70. The summed E-state index contributed by atoms with van der Waals surface area (Å²) in [5.41, 5.74) is 7.72. The second-order valence-corrected chi connectivity index (χ2v) is 7.01. The Kier molecular flexibility index (Phi) is 5.89. The summed E-state index contributed by atoms with van der Waals surface area (Å²) in [4.78, 5) is 12.4. The minimum absolute atomic E-state index is 0.300. The zero-order valence-electron chi connectivity index (χ0n) is 17.3. The Morgan fingerprint density at radius 3 is 2.52 bits per heavy atom. The van der Waals surface area contributed by atoms with Gasteiger partial charge in [0.15, 0.2) is 0 Å². The number of nitrogens with zero attached hydrogens (tertiary/aromatic N) is 3. The fraction of sp³-hybridized carbons (Fsp3) is 0.0800. The number of carbonyl (C=O) groups is 1. The van der Waals surface area contributed by atoms with Crippen LogP contribution >= 0.6 is 0 Å². The average Bonchev–Trinajstić information content (AvgIpc) is 3.24. The van der Waals surface area contributed by atoms with E-state index < -0.39 is 0 Å². The van der Waals surface area contributed by atoms with Crippen molar-refractivity contribution in [3.8, 4) is 22.7 Å². The Labute approximate surface area is 180 Å². The van der Waals surface area contributed by atoms with Gasteiger partial charge in [0.05, 0.1) is 19.0 Å². The van der Waals surface area contributed by atoms with Crippen LogP contribution in [0.4, 0.5) is 0 Å². The Bertz CT molecular complexity index is 1210. The van der Waals surface area contributed by atoms with Crippen molar-refractivity contribution in [3.05, 3.63) is 102 Å². The van der Waals surface area contributed by atoms with E-state index in [0.29, 0.717) is 11.3 Å². The molecule has 1 heterocycles. The second-order valence-electron chi connectivity index (χ2n) is 7.01. The van der Waals surface area contributed by atoms with Crippen LogP contribution in [0.5, 0.6) is 5.75 Å². The summed E-state index contributed by atoms with van der Waals surface area (Å²) in [6.07, 6.45) is 3.52. The Morgan fingerprint density at radius 2 is 1.81 bits per heavy atom. The lowest BCUT2D eigenvalue weighted by molar-refractivity contribution is 0.0955. The molecule has 4 aromatic rings. The van der Waals surface area contributed by atoms with Crippen LogP contribution in [0, 0.1) is 6.92 Å². The summed E-state index contributed by atoms with van der Waals surface area (Å²) in [7, 11) is 1.58. The number of aromatic nitrogens is 2. The smallest absolute Gasteiger partial charge is 0.271 e. The number of hydrazone groups is 1. The van der Waals surface area contributed by atoms with Gasteiger partial charge in [-0.05, 0) is 49.4 Å². The molecule has 0 aliphatic heterocycles. The molecule has 154 valence electrons. The lowest BCUT2D eigenvalue weighted by atomic mass is 10.1. The van der Waals surface area contributed by atoms with Crippen molar-refractivity contribution in [2.75, 3.05) is 7.11 Å². The summed E-state index contributed by atoms with van der Waals surface area (Å²) in [5.74, 6) is 0.391. The van der Waals surface area contributed by atoms with E-state index in [0.717, 1.165) is 28.1 Å². The zero-order valence-corrected chi connectivity index (χ0v) is 17.3. The van der Waals surface area contributed by atoms with E-state index in [-0.39, 0.29) is 5.91 Å². The van der Waals surface area contributed by atoms with Crippen molar-refractivity contribution in [1.29, 1.82) is 0 Å². The van der Waals surface area contributed by atoms with Gasteiger partial charge in [0.25, 0.3) is 5.91 Å². The number of hydrogen-bond acceptors (Lipinski definition) is 4. The van der Waals surface area contributed by atoms with Crippen LogP contribution in [-0.2, 0) is 0 Å². The summed E-state index contributed by atoms with van der Waals surface area (Å²) < 4.78 is 6.93. The highest BCUT2D eigenvalue weighted by atomic mass is 16.5. The van der Waals surface area contributed by atoms with Crippen LogP contribution in [0.15, 0.2) is 90.2 Å². The molecule has 3 aromatic carbocycles. The molecule has 0 atom stereocenters. The van der Waals surface area contributed by atoms with E-state index in [4.69, 9.17) is 9.84 Å². The molecule has 1 aromatic heterocycles. The first-order chi connectivity index (χ1) is 15.1. The molecule has 6 nitrogen and oxygen atoms in total. The molecular weight excluding hydrogens is 388 g/mol. The molecule has 31 heavy (non-hydrogen) atoms. The quantitative estimate of drug-likeness (QED) is 0.372. The topological polar surface area (TPSA) is 68.5 Å². The molecule has 1 amide bonds. The van der Waals surface area contributed by atoms with E-state index in [9.17, 15) is 4.79 Å². The summed E-state index contributed by atoms with van der Waals surface area (Å²) in [6.45, 7) is 2.04. The normalized spacial score (nSPS) is 10.9. The molecule has 0 spiro atoms. The first kappa shape index (κ1) is 20.1. The van der Waals surface area contributed by atoms with E-state index in [1.807, 2.05) is 66.3 Å². The molecule has 0 saturated carbocycles. The maximum Gasteiger partial charge on any atom is 0.271 e. The molecular formula is C25H22N4O2. The average molecular weight is 410 g/mol. The Balaban J connectivity index is 1.61. The monoisotopic (exact) mass is 410 g/mol. The van der Waals surface area contributed by atoms with Gasteiger partial charge in [-0.2, -0.15) is 10.2 Å². The molecule has 4 rings (SSSR count). The number of rotatable bonds is 6. The number of aryl methyl sites for hydroxylation is 1. The predicted molar refractivity (Wildman–Crippen MR) is 122 cm³/mol. The highest BCUT2D eigenvalue weighted by Gasteiger charge is 2.12. The minimum Gasteiger partial charge on any atom is -0.497 e. The van der Waals surface area contributed by atoms with Gasteiger partial charge in [0, 0.05) is 22.9 Å². The predicted octanol–water partition coefficient (Wildman–Crippen LogP) is 4.62. The first-order valence-electron chi connectivity index (χ1n) is 9.83. The molecule has 0 fully saturated rings. The zero-order chi connectivity index (χ0) is 21.6. The van der Waals surface area contributed by atoms with Crippen molar-refractivity contribution >= 4 is 12.1 Å². The van der Waals surface area contributed by atoms with Gasteiger partial charge in [0.1, 0.15) is 11.4 Å². The Morgan fingerprint density at radius 1 is 1.03 bits per heavy atom. The lowest BCUT2D eigenvalue weighted by Gasteiger charge is -2.02. The van der Waals surface area contributed by atoms with Gasteiger partial charge in [-0.3, -0.25) is 4.79 Å². The number of benzene rings is 3. The third-order valence-corrected chi connectivity index (χ3v) is 4.78. The third-order valence-electron chi connectivity index (χ3n) is 4.78. The number of methoxy groups -OCH3 is 1. The molecule has 0 aliphatic carbocycles. The minimum atomic E-state index is -0.300. The van der Waals surface area contributed by atoms with Crippen LogP contribution in [0.2, 0.25) is 0 Å². The van der Waals surface area contributed by atoms with Crippen molar-refractivity contribution < 1.29 is 9.53 Å². The summed E-state index contributed by atoms with van der Waals surface area (Å²) in [5, 5.41) is 8.93. The van der Waals surface area contributed by atoms with Crippen molar-refractivity contribution in [3.63, 3.8) is 0 Å². The summed E-state index contributed by atoms with van der Waals surface area (Å²) >= 11 is 0. The number of ether oxygens (including phenoxy) is 1. The van der Waals surface area contributed by atoms with Crippen LogP contribution < -0.4 is 10.2 Å². The molecule has 0 unspecified atom stereocenters. The lowest BCUT2D eigenvalue weighted by Crippen LogP contribution is -2.17. The second kappa shape index (κ2) is 9.09. The van der Waals surface area contributed by atoms with Gasteiger partial charge in [-0.15, -0.1) is 0 Å². The van der Waals surface area contributed by atoms with Gasteiger partial charge >= 0.3 is 0 Å². The van der Waals surface area contributed by atoms with E-state index >= 15 is 0 Å².